The molecule has 6 nitrogen and oxygen atoms in total. The van der Waals surface area contributed by atoms with E-state index in [1.54, 1.807) is 14.0 Å². The normalized spacial score (nSPS) is 18.6. The van der Waals surface area contributed by atoms with E-state index < -0.39 is 0 Å². The summed E-state index contributed by atoms with van der Waals surface area (Å²) < 4.78 is 7.05. The highest BCUT2D eigenvalue weighted by atomic mass is 16.5. The van der Waals surface area contributed by atoms with Crippen molar-refractivity contribution in [2.75, 3.05) is 26.7 Å². The SMILES string of the molecule is COc1ccc([C@@H]2CN(Cc3cnn(C)c3)CCN2C(C)=O)cc1. The molecule has 0 N–H and O–H groups in total. The highest BCUT2D eigenvalue weighted by molar-refractivity contribution is 5.74. The fraction of sp³-hybridized carbons (Fsp3) is 0.444. The van der Waals surface area contributed by atoms with Crippen LogP contribution in [-0.2, 0) is 18.4 Å². The van der Waals surface area contributed by atoms with E-state index in [2.05, 4.69) is 10.00 Å². The van der Waals surface area contributed by atoms with Gasteiger partial charge in [-0.05, 0) is 17.7 Å². The molecule has 0 spiro atoms. The van der Waals surface area contributed by atoms with Crippen LogP contribution in [0.25, 0.3) is 0 Å². The number of piperazine rings is 1. The highest BCUT2D eigenvalue weighted by Crippen LogP contribution is 2.27. The lowest BCUT2D eigenvalue weighted by molar-refractivity contribution is -0.134. The van der Waals surface area contributed by atoms with Crippen LogP contribution in [0.1, 0.15) is 24.1 Å². The quantitative estimate of drug-likeness (QED) is 0.859. The van der Waals surface area contributed by atoms with E-state index >= 15 is 0 Å². The minimum absolute atomic E-state index is 0.0684. The maximum atomic E-state index is 12.0. The molecular weight excluding hydrogens is 304 g/mol. The summed E-state index contributed by atoms with van der Waals surface area (Å²) in [6.07, 6.45) is 3.94. The molecule has 1 fully saturated rings. The molecule has 0 bridgehead atoms. The average Bonchev–Trinajstić information content (AvgIpc) is 2.99. The molecule has 1 amide bonds. The number of carbonyl (C=O) groups is 1. The molecule has 1 aromatic carbocycles. The van der Waals surface area contributed by atoms with Gasteiger partial charge in [0, 0.05) is 51.9 Å². The van der Waals surface area contributed by atoms with E-state index in [9.17, 15) is 4.79 Å². The van der Waals surface area contributed by atoms with Crippen LogP contribution in [0, 0.1) is 0 Å². The van der Waals surface area contributed by atoms with E-state index in [0.29, 0.717) is 0 Å². The first kappa shape index (κ1) is 16.5. The van der Waals surface area contributed by atoms with Crippen LogP contribution in [0.3, 0.4) is 0 Å². The van der Waals surface area contributed by atoms with Crippen molar-refractivity contribution in [3.8, 4) is 5.75 Å². The Morgan fingerprint density at radius 1 is 1.29 bits per heavy atom. The van der Waals surface area contributed by atoms with Crippen molar-refractivity contribution < 1.29 is 9.53 Å². The summed E-state index contributed by atoms with van der Waals surface area (Å²) in [5.41, 5.74) is 2.34. The van der Waals surface area contributed by atoms with Gasteiger partial charge in [0.15, 0.2) is 0 Å². The number of nitrogens with zero attached hydrogens (tertiary/aromatic N) is 4. The largest absolute Gasteiger partial charge is 0.497 e. The van der Waals surface area contributed by atoms with Crippen LogP contribution in [0.4, 0.5) is 0 Å². The smallest absolute Gasteiger partial charge is 0.220 e. The molecular formula is C18H24N4O2. The zero-order chi connectivity index (χ0) is 17.1. The monoisotopic (exact) mass is 328 g/mol. The Labute approximate surface area is 142 Å². The number of hydrogen-bond acceptors (Lipinski definition) is 4. The Balaban J connectivity index is 1.77. The molecule has 1 atom stereocenters. The average molecular weight is 328 g/mol. The molecule has 24 heavy (non-hydrogen) atoms. The molecule has 2 aromatic rings. The van der Waals surface area contributed by atoms with Crippen molar-refractivity contribution in [3.05, 3.63) is 47.8 Å². The number of aryl methyl sites for hydroxylation is 1. The van der Waals surface area contributed by atoms with Gasteiger partial charge >= 0.3 is 0 Å². The molecule has 0 aliphatic carbocycles. The van der Waals surface area contributed by atoms with Crippen molar-refractivity contribution in [1.82, 2.24) is 19.6 Å². The number of hydrogen-bond donors (Lipinski definition) is 0. The maximum Gasteiger partial charge on any atom is 0.220 e. The van der Waals surface area contributed by atoms with Gasteiger partial charge in [0.05, 0.1) is 19.3 Å². The highest BCUT2D eigenvalue weighted by Gasteiger charge is 2.30. The number of carbonyl (C=O) groups excluding carboxylic acids is 1. The van der Waals surface area contributed by atoms with E-state index in [1.807, 2.05) is 53.3 Å². The summed E-state index contributed by atoms with van der Waals surface area (Å²) in [7, 11) is 3.59. The van der Waals surface area contributed by atoms with Crippen LogP contribution in [-0.4, -0.2) is 52.2 Å². The molecule has 6 heteroatoms. The topological polar surface area (TPSA) is 50.6 Å². The lowest BCUT2D eigenvalue weighted by Crippen LogP contribution is -2.49. The van der Waals surface area contributed by atoms with Gasteiger partial charge in [0.1, 0.15) is 5.75 Å². The van der Waals surface area contributed by atoms with Gasteiger partial charge in [0.25, 0.3) is 0 Å². The second-order valence-corrected chi connectivity index (χ2v) is 6.26. The fourth-order valence-electron chi connectivity index (χ4n) is 3.28. The van der Waals surface area contributed by atoms with E-state index in [-0.39, 0.29) is 11.9 Å². The third-order valence-corrected chi connectivity index (χ3v) is 4.53. The molecule has 128 valence electrons. The van der Waals surface area contributed by atoms with Crippen LogP contribution in [0.2, 0.25) is 0 Å². The molecule has 2 heterocycles. The molecule has 1 saturated heterocycles. The predicted molar refractivity (Wildman–Crippen MR) is 91.6 cm³/mol. The standard InChI is InChI=1S/C18H24N4O2/c1-14(23)22-9-8-21(12-15-10-19-20(2)11-15)13-18(22)16-4-6-17(24-3)7-5-16/h4-7,10-11,18H,8-9,12-13H2,1-3H3/t18-/m0/s1. The Morgan fingerprint density at radius 2 is 2.04 bits per heavy atom. The summed E-state index contributed by atoms with van der Waals surface area (Å²) in [6, 6.07) is 8.07. The van der Waals surface area contributed by atoms with Gasteiger partial charge in [-0.25, -0.2) is 0 Å². The third-order valence-electron chi connectivity index (χ3n) is 4.53. The van der Waals surface area contributed by atoms with E-state index in [0.717, 1.165) is 37.5 Å². The summed E-state index contributed by atoms with van der Waals surface area (Å²) in [4.78, 5) is 16.4. The summed E-state index contributed by atoms with van der Waals surface area (Å²) in [6.45, 7) is 4.94. The zero-order valence-electron chi connectivity index (χ0n) is 14.5. The van der Waals surface area contributed by atoms with Crippen molar-refractivity contribution in [2.24, 2.45) is 7.05 Å². The third kappa shape index (κ3) is 3.59. The first-order valence-corrected chi connectivity index (χ1v) is 8.18. The Bertz CT molecular complexity index is 695. The number of rotatable bonds is 4. The minimum Gasteiger partial charge on any atom is -0.497 e. The summed E-state index contributed by atoms with van der Waals surface area (Å²) >= 11 is 0. The van der Waals surface area contributed by atoms with Crippen molar-refractivity contribution in [3.63, 3.8) is 0 Å². The lowest BCUT2D eigenvalue weighted by Gasteiger charge is -2.41. The van der Waals surface area contributed by atoms with Gasteiger partial charge in [-0.15, -0.1) is 0 Å². The van der Waals surface area contributed by atoms with Crippen molar-refractivity contribution in [1.29, 1.82) is 0 Å². The number of methoxy groups -OCH3 is 1. The molecule has 1 aromatic heterocycles. The first-order chi connectivity index (χ1) is 11.6. The van der Waals surface area contributed by atoms with Crippen LogP contribution in [0.5, 0.6) is 5.75 Å². The molecule has 0 unspecified atom stereocenters. The van der Waals surface area contributed by atoms with Gasteiger partial charge in [0.2, 0.25) is 5.91 Å². The molecule has 1 aliphatic rings. The fourth-order valence-corrected chi connectivity index (χ4v) is 3.28. The van der Waals surface area contributed by atoms with Gasteiger partial charge in [-0.1, -0.05) is 12.1 Å². The van der Waals surface area contributed by atoms with Crippen molar-refractivity contribution in [2.45, 2.75) is 19.5 Å². The van der Waals surface area contributed by atoms with E-state index in [1.165, 1.54) is 5.56 Å². The lowest BCUT2D eigenvalue weighted by atomic mass is 10.0. The van der Waals surface area contributed by atoms with Crippen LogP contribution in [0.15, 0.2) is 36.7 Å². The maximum absolute atomic E-state index is 12.0. The van der Waals surface area contributed by atoms with Gasteiger partial charge in [-0.2, -0.15) is 5.10 Å². The molecule has 0 saturated carbocycles. The number of benzene rings is 1. The van der Waals surface area contributed by atoms with Gasteiger partial charge < -0.3 is 9.64 Å². The van der Waals surface area contributed by atoms with Crippen LogP contribution >= 0.6 is 0 Å². The predicted octanol–water partition coefficient (Wildman–Crippen LogP) is 1.83. The number of amides is 1. The van der Waals surface area contributed by atoms with Crippen LogP contribution < -0.4 is 4.74 Å². The summed E-state index contributed by atoms with van der Waals surface area (Å²) in [5.74, 6) is 0.952. The Kier molecular flexibility index (Phi) is 4.85. The zero-order valence-corrected chi connectivity index (χ0v) is 14.5. The van der Waals surface area contributed by atoms with Gasteiger partial charge in [-0.3, -0.25) is 14.4 Å². The second kappa shape index (κ2) is 7.05. The van der Waals surface area contributed by atoms with E-state index in [4.69, 9.17) is 4.74 Å². The second-order valence-electron chi connectivity index (χ2n) is 6.26. The molecule has 0 radical (unpaired) electrons. The Morgan fingerprint density at radius 3 is 2.62 bits per heavy atom. The Hall–Kier alpha value is -2.34. The minimum atomic E-state index is 0.0684. The first-order valence-electron chi connectivity index (χ1n) is 8.18. The number of aromatic nitrogens is 2. The molecule has 1 aliphatic heterocycles. The molecule has 3 rings (SSSR count). The number of ether oxygens (including phenoxy) is 1. The summed E-state index contributed by atoms with van der Waals surface area (Å²) in [5, 5.41) is 4.23. The van der Waals surface area contributed by atoms with Crippen molar-refractivity contribution >= 4 is 5.91 Å².